The van der Waals surface area contributed by atoms with Crippen molar-refractivity contribution in [2.45, 2.75) is 19.9 Å². The van der Waals surface area contributed by atoms with Crippen LogP contribution in [0.4, 0.5) is 10.1 Å². The SMILES string of the molecule is Cc1cc(F)ccc1NC(=O)[C@@H](C)n1ncc2ccccc2c1=O. The Hall–Kier alpha value is -3.02. The van der Waals surface area contributed by atoms with Crippen molar-refractivity contribution in [3.05, 3.63) is 70.4 Å². The number of fused-ring (bicyclic) bond motifs is 1. The van der Waals surface area contributed by atoms with Gasteiger partial charge in [0, 0.05) is 11.1 Å². The highest BCUT2D eigenvalue weighted by Crippen LogP contribution is 2.17. The molecule has 3 rings (SSSR count). The Morgan fingerprint density at radius 1 is 1.25 bits per heavy atom. The number of halogens is 1. The lowest BCUT2D eigenvalue weighted by molar-refractivity contribution is -0.119. The number of amides is 1. The molecule has 6 heteroatoms. The molecule has 0 aliphatic rings. The zero-order chi connectivity index (χ0) is 17.3. The number of carbonyl (C=O) groups excluding carboxylic acids is 1. The Labute approximate surface area is 137 Å². The van der Waals surface area contributed by atoms with E-state index >= 15 is 0 Å². The molecule has 0 aliphatic heterocycles. The molecule has 0 saturated carbocycles. The number of aromatic nitrogens is 2. The van der Waals surface area contributed by atoms with E-state index in [1.165, 1.54) is 18.2 Å². The number of nitrogens with one attached hydrogen (secondary N) is 1. The Balaban J connectivity index is 1.91. The van der Waals surface area contributed by atoms with Gasteiger partial charge < -0.3 is 5.32 Å². The first-order valence-electron chi connectivity index (χ1n) is 7.51. The van der Waals surface area contributed by atoms with Gasteiger partial charge in [-0.05, 0) is 43.7 Å². The van der Waals surface area contributed by atoms with Crippen LogP contribution in [0.3, 0.4) is 0 Å². The van der Waals surface area contributed by atoms with E-state index in [0.717, 1.165) is 10.1 Å². The van der Waals surface area contributed by atoms with E-state index in [2.05, 4.69) is 10.4 Å². The van der Waals surface area contributed by atoms with Crippen LogP contribution < -0.4 is 10.9 Å². The molecule has 2 aromatic carbocycles. The van der Waals surface area contributed by atoms with E-state index in [1.807, 2.05) is 6.07 Å². The van der Waals surface area contributed by atoms with Gasteiger partial charge in [-0.3, -0.25) is 9.59 Å². The van der Waals surface area contributed by atoms with E-state index in [1.54, 1.807) is 38.2 Å². The summed E-state index contributed by atoms with van der Waals surface area (Å²) >= 11 is 0. The third-order valence-corrected chi connectivity index (χ3v) is 3.91. The van der Waals surface area contributed by atoms with E-state index in [9.17, 15) is 14.0 Å². The number of benzene rings is 2. The van der Waals surface area contributed by atoms with Crippen LogP contribution in [0.2, 0.25) is 0 Å². The lowest BCUT2D eigenvalue weighted by Crippen LogP contribution is -2.33. The molecular weight excluding hydrogens is 309 g/mol. The zero-order valence-corrected chi connectivity index (χ0v) is 13.3. The van der Waals surface area contributed by atoms with E-state index in [4.69, 9.17) is 0 Å². The summed E-state index contributed by atoms with van der Waals surface area (Å²) < 4.78 is 14.3. The molecule has 0 bridgehead atoms. The standard InChI is InChI=1S/C18H16FN3O2/c1-11-9-14(19)7-8-16(11)21-17(23)12(2)22-18(24)15-6-4-3-5-13(15)10-20-22/h3-10,12H,1-2H3,(H,21,23)/t12-/m1/s1. The van der Waals surface area contributed by atoms with E-state index in [-0.39, 0.29) is 11.4 Å². The number of rotatable bonds is 3. The van der Waals surface area contributed by atoms with Crippen molar-refractivity contribution in [2.24, 2.45) is 0 Å². The molecule has 1 atom stereocenters. The van der Waals surface area contributed by atoms with Crippen LogP contribution in [-0.2, 0) is 4.79 Å². The molecule has 1 aromatic heterocycles. The highest BCUT2D eigenvalue weighted by molar-refractivity contribution is 5.94. The first-order valence-corrected chi connectivity index (χ1v) is 7.51. The topological polar surface area (TPSA) is 64.0 Å². The van der Waals surface area contributed by atoms with Crippen molar-refractivity contribution < 1.29 is 9.18 Å². The minimum Gasteiger partial charge on any atom is -0.324 e. The Morgan fingerprint density at radius 3 is 2.75 bits per heavy atom. The smallest absolute Gasteiger partial charge is 0.275 e. The van der Waals surface area contributed by atoms with Gasteiger partial charge in [-0.15, -0.1) is 0 Å². The van der Waals surface area contributed by atoms with Crippen molar-refractivity contribution in [1.29, 1.82) is 0 Å². The predicted octanol–water partition coefficient (Wildman–Crippen LogP) is 3.04. The van der Waals surface area contributed by atoms with Crippen LogP contribution in [0.15, 0.2) is 53.5 Å². The molecule has 1 heterocycles. The molecule has 0 fully saturated rings. The lowest BCUT2D eigenvalue weighted by atomic mass is 10.2. The molecule has 0 aliphatic carbocycles. The first kappa shape index (κ1) is 15.9. The van der Waals surface area contributed by atoms with Gasteiger partial charge in [-0.25, -0.2) is 9.07 Å². The van der Waals surface area contributed by atoms with Gasteiger partial charge in [0.2, 0.25) is 5.91 Å². The van der Waals surface area contributed by atoms with E-state index in [0.29, 0.717) is 16.6 Å². The monoisotopic (exact) mass is 325 g/mol. The average Bonchev–Trinajstić information content (AvgIpc) is 2.57. The average molecular weight is 325 g/mol. The van der Waals surface area contributed by atoms with Crippen LogP contribution in [-0.4, -0.2) is 15.7 Å². The molecule has 122 valence electrons. The number of hydrogen-bond acceptors (Lipinski definition) is 3. The minimum atomic E-state index is -0.799. The number of nitrogens with zero attached hydrogens (tertiary/aromatic N) is 2. The van der Waals surface area contributed by atoms with Crippen molar-refractivity contribution in [3.63, 3.8) is 0 Å². The molecular formula is C18H16FN3O2. The summed E-state index contributed by atoms with van der Waals surface area (Å²) in [5, 5.41) is 8.02. The van der Waals surface area contributed by atoms with Gasteiger partial charge >= 0.3 is 0 Å². The molecule has 24 heavy (non-hydrogen) atoms. The summed E-state index contributed by atoms with van der Waals surface area (Å²) in [6.07, 6.45) is 1.56. The lowest BCUT2D eigenvalue weighted by Gasteiger charge is -2.15. The highest BCUT2D eigenvalue weighted by atomic mass is 19.1. The fourth-order valence-electron chi connectivity index (χ4n) is 2.50. The van der Waals surface area contributed by atoms with Crippen molar-refractivity contribution >= 4 is 22.4 Å². The summed E-state index contributed by atoms with van der Waals surface area (Å²) in [4.78, 5) is 24.9. The van der Waals surface area contributed by atoms with Crippen LogP contribution in [0.5, 0.6) is 0 Å². The second-order valence-corrected chi connectivity index (χ2v) is 5.61. The minimum absolute atomic E-state index is 0.327. The summed E-state index contributed by atoms with van der Waals surface area (Å²) in [6.45, 7) is 3.29. The number of aryl methyl sites for hydroxylation is 1. The Morgan fingerprint density at radius 2 is 2.00 bits per heavy atom. The number of anilines is 1. The van der Waals surface area contributed by atoms with Gasteiger partial charge in [-0.1, -0.05) is 18.2 Å². The quantitative estimate of drug-likeness (QED) is 0.805. The molecule has 1 N–H and O–H groups in total. The molecule has 0 unspecified atom stereocenters. The normalized spacial score (nSPS) is 12.1. The molecule has 5 nitrogen and oxygen atoms in total. The van der Waals surface area contributed by atoms with Crippen LogP contribution in [0.25, 0.3) is 10.8 Å². The third kappa shape index (κ3) is 2.90. The van der Waals surface area contributed by atoms with Gasteiger partial charge in [0.05, 0.1) is 11.6 Å². The van der Waals surface area contributed by atoms with Gasteiger partial charge in [0.1, 0.15) is 11.9 Å². The molecule has 0 spiro atoms. The first-order chi connectivity index (χ1) is 11.5. The summed E-state index contributed by atoms with van der Waals surface area (Å²) in [5.41, 5.74) is 0.781. The van der Waals surface area contributed by atoms with Crippen LogP contribution >= 0.6 is 0 Å². The molecule has 0 saturated heterocycles. The van der Waals surface area contributed by atoms with Gasteiger partial charge in [0.15, 0.2) is 0 Å². The Bertz CT molecular complexity index is 981. The van der Waals surface area contributed by atoms with Crippen molar-refractivity contribution in [2.75, 3.05) is 5.32 Å². The molecule has 3 aromatic rings. The van der Waals surface area contributed by atoms with Crippen LogP contribution in [0.1, 0.15) is 18.5 Å². The van der Waals surface area contributed by atoms with Crippen molar-refractivity contribution in [3.8, 4) is 0 Å². The maximum atomic E-state index is 13.1. The van der Waals surface area contributed by atoms with E-state index < -0.39 is 11.9 Å². The predicted molar refractivity (Wildman–Crippen MR) is 90.5 cm³/mol. The maximum Gasteiger partial charge on any atom is 0.275 e. The fraction of sp³-hybridized carbons (Fsp3) is 0.167. The Kier molecular flexibility index (Phi) is 4.12. The molecule has 1 amide bonds. The second kappa shape index (κ2) is 6.23. The van der Waals surface area contributed by atoms with Crippen molar-refractivity contribution in [1.82, 2.24) is 9.78 Å². The largest absolute Gasteiger partial charge is 0.324 e. The summed E-state index contributed by atoms with van der Waals surface area (Å²) in [7, 11) is 0. The number of carbonyl (C=O) groups is 1. The van der Waals surface area contributed by atoms with Crippen LogP contribution in [0, 0.1) is 12.7 Å². The maximum absolute atomic E-state index is 13.1. The number of hydrogen-bond donors (Lipinski definition) is 1. The molecule has 0 radical (unpaired) electrons. The second-order valence-electron chi connectivity index (χ2n) is 5.61. The highest BCUT2D eigenvalue weighted by Gasteiger charge is 2.19. The zero-order valence-electron chi connectivity index (χ0n) is 13.3. The van der Waals surface area contributed by atoms with Gasteiger partial charge in [0.25, 0.3) is 5.56 Å². The third-order valence-electron chi connectivity index (χ3n) is 3.91. The fourth-order valence-corrected chi connectivity index (χ4v) is 2.50. The summed E-state index contributed by atoms with van der Waals surface area (Å²) in [5.74, 6) is -0.763. The van der Waals surface area contributed by atoms with Gasteiger partial charge in [-0.2, -0.15) is 5.10 Å². The summed E-state index contributed by atoms with van der Waals surface area (Å²) in [6, 6.07) is 10.4.